The van der Waals surface area contributed by atoms with E-state index in [2.05, 4.69) is 15.1 Å². The number of likely N-dealkylation sites (N-methyl/N-ethyl adjacent to an activating group) is 2. The van der Waals surface area contributed by atoms with Gasteiger partial charge in [0.05, 0.1) is 7.11 Å². The topological polar surface area (TPSA) is 44.8 Å². The molecular formula is C10H21N3O2. The maximum atomic E-state index is 11.5. The summed E-state index contributed by atoms with van der Waals surface area (Å²) in [5.41, 5.74) is 0. The van der Waals surface area contributed by atoms with Crippen LogP contribution in [-0.2, 0) is 9.53 Å². The standard InChI is InChI=1S/C10H21N3O2/c1-11-4-5-13-7-6-12(2)9(8-13)10(14)15-3/h9,11H,4-8H2,1-3H3. The first-order chi connectivity index (χ1) is 7.19. The van der Waals surface area contributed by atoms with Crippen molar-refractivity contribution in [1.82, 2.24) is 15.1 Å². The van der Waals surface area contributed by atoms with Crippen LogP contribution < -0.4 is 5.32 Å². The van der Waals surface area contributed by atoms with E-state index in [0.29, 0.717) is 0 Å². The number of hydrogen-bond donors (Lipinski definition) is 1. The van der Waals surface area contributed by atoms with E-state index >= 15 is 0 Å². The van der Waals surface area contributed by atoms with Crippen LogP contribution in [0.4, 0.5) is 0 Å². The van der Waals surface area contributed by atoms with Gasteiger partial charge in [0.25, 0.3) is 0 Å². The summed E-state index contributed by atoms with van der Waals surface area (Å²) < 4.78 is 4.79. The molecule has 0 amide bonds. The molecule has 1 saturated heterocycles. The van der Waals surface area contributed by atoms with Gasteiger partial charge >= 0.3 is 5.97 Å². The number of esters is 1. The van der Waals surface area contributed by atoms with Gasteiger partial charge in [-0.15, -0.1) is 0 Å². The van der Waals surface area contributed by atoms with Gasteiger partial charge in [-0.25, -0.2) is 0 Å². The van der Waals surface area contributed by atoms with Crippen LogP contribution in [0.15, 0.2) is 0 Å². The highest BCUT2D eigenvalue weighted by atomic mass is 16.5. The molecule has 5 nitrogen and oxygen atoms in total. The Labute approximate surface area is 91.4 Å². The fourth-order valence-electron chi connectivity index (χ4n) is 1.79. The van der Waals surface area contributed by atoms with Gasteiger partial charge in [0.1, 0.15) is 6.04 Å². The van der Waals surface area contributed by atoms with Crippen molar-refractivity contribution < 1.29 is 9.53 Å². The van der Waals surface area contributed by atoms with E-state index in [4.69, 9.17) is 4.74 Å². The van der Waals surface area contributed by atoms with Gasteiger partial charge < -0.3 is 10.1 Å². The molecule has 1 atom stereocenters. The van der Waals surface area contributed by atoms with Crippen molar-refractivity contribution in [2.24, 2.45) is 0 Å². The van der Waals surface area contributed by atoms with E-state index in [0.717, 1.165) is 32.7 Å². The van der Waals surface area contributed by atoms with Crippen LogP contribution in [0.2, 0.25) is 0 Å². The number of nitrogens with one attached hydrogen (secondary N) is 1. The smallest absolute Gasteiger partial charge is 0.324 e. The molecule has 1 aliphatic rings. The number of ether oxygens (including phenoxy) is 1. The van der Waals surface area contributed by atoms with Gasteiger partial charge in [-0.1, -0.05) is 0 Å². The summed E-state index contributed by atoms with van der Waals surface area (Å²) in [4.78, 5) is 15.8. The Morgan fingerprint density at radius 3 is 2.87 bits per heavy atom. The molecular weight excluding hydrogens is 194 g/mol. The van der Waals surface area contributed by atoms with Crippen molar-refractivity contribution in [3.05, 3.63) is 0 Å². The number of nitrogens with zero attached hydrogens (tertiary/aromatic N) is 2. The number of hydrogen-bond acceptors (Lipinski definition) is 5. The molecule has 0 aromatic heterocycles. The molecule has 0 bridgehead atoms. The molecule has 15 heavy (non-hydrogen) atoms. The fraction of sp³-hybridized carbons (Fsp3) is 0.900. The number of methoxy groups -OCH3 is 1. The summed E-state index contributed by atoms with van der Waals surface area (Å²) >= 11 is 0. The molecule has 1 fully saturated rings. The zero-order valence-electron chi connectivity index (χ0n) is 9.82. The fourth-order valence-corrected chi connectivity index (χ4v) is 1.79. The first-order valence-corrected chi connectivity index (χ1v) is 5.34. The summed E-state index contributed by atoms with van der Waals surface area (Å²) in [5, 5.41) is 3.11. The number of carbonyl (C=O) groups is 1. The van der Waals surface area contributed by atoms with Crippen LogP contribution in [-0.4, -0.2) is 75.7 Å². The molecule has 0 aliphatic carbocycles. The normalized spacial score (nSPS) is 24.1. The minimum Gasteiger partial charge on any atom is -0.468 e. The van der Waals surface area contributed by atoms with Crippen LogP contribution in [0, 0.1) is 0 Å². The minimum absolute atomic E-state index is 0.111. The van der Waals surface area contributed by atoms with Gasteiger partial charge in [0.2, 0.25) is 0 Å². The second-order valence-electron chi connectivity index (χ2n) is 3.92. The highest BCUT2D eigenvalue weighted by molar-refractivity contribution is 5.76. The lowest BCUT2D eigenvalue weighted by Gasteiger charge is -2.37. The van der Waals surface area contributed by atoms with Crippen LogP contribution in [0.25, 0.3) is 0 Å². The van der Waals surface area contributed by atoms with Gasteiger partial charge in [-0.3, -0.25) is 14.6 Å². The number of rotatable bonds is 4. The maximum Gasteiger partial charge on any atom is 0.324 e. The molecule has 5 heteroatoms. The summed E-state index contributed by atoms with van der Waals surface area (Å²) in [6.45, 7) is 4.65. The molecule has 0 aromatic carbocycles. The van der Waals surface area contributed by atoms with Crippen molar-refractivity contribution in [2.75, 3.05) is 53.9 Å². The van der Waals surface area contributed by atoms with Crippen molar-refractivity contribution in [3.8, 4) is 0 Å². The van der Waals surface area contributed by atoms with Crippen LogP contribution in [0.5, 0.6) is 0 Å². The minimum atomic E-state index is -0.133. The first-order valence-electron chi connectivity index (χ1n) is 5.34. The zero-order chi connectivity index (χ0) is 11.3. The summed E-state index contributed by atoms with van der Waals surface area (Å²) in [6, 6.07) is -0.111. The SMILES string of the molecule is CNCCN1CCN(C)C(C(=O)OC)C1. The Morgan fingerprint density at radius 2 is 2.27 bits per heavy atom. The summed E-state index contributed by atoms with van der Waals surface area (Å²) in [6.07, 6.45) is 0. The Morgan fingerprint density at radius 1 is 1.53 bits per heavy atom. The van der Waals surface area contributed by atoms with Crippen LogP contribution >= 0.6 is 0 Å². The number of carbonyl (C=O) groups excluding carboxylic acids is 1. The number of piperazine rings is 1. The van der Waals surface area contributed by atoms with Crippen molar-refractivity contribution >= 4 is 5.97 Å². The van der Waals surface area contributed by atoms with E-state index in [-0.39, 0.29) is 12.0 Å². The average molecular weight is 215 g/mol. The van der Waals surface area contributed by atoms with Gasteiger partial charge in [0, 0.05) is 32.7 Å². The van der Waals surface area contributed by atoms with E-state index in [1.165, 1.54) is 7.11 Å². The lowest BCUT2D eigenvalue weighted by atomic mass is 10.2. The molecule has 1 aliphatic heterocycles. The van der Waals surface area contributed by atoms with Gasteiger partial charge in [-0.05, 0) is 14.1 Å². The zero-order valence-corrected chi connectivity index (χ0v) is 9.82. The average Bonchev–Trinajstić information content (AvgIpc) is 2.27. The predicted molar refractivity (Wildman–Crippen MR) is 58.8 cm³/mol. The predicted octanol–water partition coefficient (Wildman–Crippen LogP) is -1.01. The van der Waals surface area contributed by atoms with Crippen molar-refractivity contribution in [1.29, 1.82) is 0 Å². The van der Waals surface area contributed by atoms with Crippen molar-refractivity contribution in [3.63, 3.8) is 0 Å². The lowest BCUT2D eigenvalue weighted by Crippen LogP contribution is -2.55. The molecule has 1 rings (SSSR count). The quantitative estimate of drug-likeness (QED) is 0.609. The third-order valence-electron chi connectivity index (χ3n) is 2.88. The van der Waals surface area contributed by atoms with Gasteiger partial charge in [0.15, 0.2) is 0 Å². The Balaban J connectivity index is 2.44. The van der Waals surface area contributed by atoms with E-state index in [1.807, 2.05) is 14.1 Å². The molecule has 1 N–H and O–H groups in total. The molecule has 1 unspecified atom stereocenters. The second-order valence-corrected chi connectivity index (χ2v) is 3.92. The summed E-state index contributed by atoms with van der Waals surface area (Å²) in [7, 11) is 5.35. The van der Waals surface area contributed by atoms with Crippen molar-refractivity contribution in [2.45, 2.75) is 6.04 Å². The molecule has 1 heterocycles. The maximum absolute atomic E-state index is 11.5. The Hall–Kier alpha value is -0.650. The largest absolute Gasteiger partial charge is 0.468 e. The van der Waals surface area contributed by atoms with Crippen LogP contribution in [0.3, 0.4) is 0 Å². The van der Waals surface area contributed by atoms with E-state index in [9.17, 15) is 4.79 Å². The van der Waals surface area contributed by atoms with Gasteiger partial charge in [-0.2, -0.15) is 0 Å². The molecule has 0 aromatic rings. The third kappa shape index (κ3) is 3.44. The second kappa shape index (κ2) is 6.05. The third-order valence-corrected chi connectivity index (χ3v) is 2.88. The molecule has 0 radical (unpaired) electrons. The van der Waals surface area contributed by atoms with Crippen LogP contribution in [0.1, 0.15) is 0 Å². The highest BCUT2D eigenvalue weighted by Crippen LogP contribution is 2.08. The van der Waals surface area contributed by atoms with E-state index < -0.39 is 0 Å². The highest BCUT2D eigenvalue weighted by Gasteiger charge is 2.30. The Bertz CT molecular complexity index is 209. The molecule has 88 valence electrons. The monoisotopic (exact) mass is 215 g/mol. The summed E-state index contributed by atoms with van der Waals surface area (Å²) in [5.74, 6) is -0.133. The molecule has 0 saturated carbocycles. The first kappa shape index (κ1) is 12.4. The lowest BCUT2D eigenvalue weighted by molar-refractivity contribution is -0.148. The van der Waals surface area contributed by atoms with E-state index in [1.54, 1.807) is 0 Å². The Kier molecular flexibility index (Phi) is 5.01. The molecule has 0 spiro atoms.